The molecular formula is C17H18FNO2. The predicted octanol–water partition coefficient (Wildman–Crippen LogP) is 3.10. The lowest BCUT2D eigenvalue weighted by atomic mass is 10.0. The molecule has 0 aliphatic carbocycles. The van der Waals surface area contributed by atoms with Crippen molar-refractivity contribution in [1.29, 1.82) is 0 Å². The molecule has 4 heteroatoms. The van der Waals surface area contributed by atoms with Crippen LogP contribution in [0.3, 0.4) is 0 Å². The Morgan fingerprint density at radius 3 is 3.00 bits per heavy atom. The van der Waals surface area contributed by atoms with Gasteiger partial charge in [0, 0.05) is 17.7 Å². The molecular weight excluding hydrogens is 269 g/mol. The van der Waals surface area contributed by atoms with Gasteiger partial charge in [-0.3, -0.25) is 0 Å². The molecule has 3 nitrogen and oxygen atoms in total. The first-order chi connectivity index (χ1) is 10.3. The monoisotopic (exact) mass is 287 g/mol. The molecule has 0 fully saturated rings. The lowest BCUT2D eigenvalue weighted by Gasteiger charge is -2.14. The summed E-state index contributed by atoms with van der Waals surface area (Å²) in [6.07, 6.45) is 0. The zero-order chi connectivity index (χ0) is 14.7. The van der Waals surface area contributed by atoms with E-state index in [9.17, 15) is 4.39 Å². The number of hydrogen-bond acceptors (Lipinski definition) is 3. The summed E-state index contributed by atoms with van der Waals surface area (Å²) < 4.78 is 24.8. The van der Waals surface area contributed by atoms with Crippen LogP contribution in [0, 0.1) is 5.82 Å². The molecule has 1 atom stereocenters. The van der Waals surface area contributed by atoms with E-state index in [0.717, 1.165) is 17.1 Å². The van der Waals surface area contributed by atoms with Crippen molar-refractivity contribution in [1.82, 2.24) is 5.32 Å². The van der Waals surface area contributed by atoms with E-state index in [1.54, 1.807) is 6.07 Å². The standard InChI is InChI=1S/C17H18FNO2/c1-19-9-12-8-14(18)6-7-16(12)20-10-13-11-21-17-5-3-2-4-15(13)17/h2-8,13,19H,9-11H2,1H3. The summed E-state index contributed by atoms with van der Waals surface area (Å²) in [5, 5.41) is 3.02. The van der Waals surface area contributed by atoms with Gasteiger partial charge in [0.2, 0.25) is 0 Å². The van der Waals surface area contributed by atoms with Gasteiger partial charge in [0.05, 0.1) is 19.1 Å². The minimum atomic E-state index is -0.248. The second-order valence-electron chi connectivity index (χ2n) is 5.14. The van der Waals surface area contributed by atoms with Crippen LogP contribution in [0.15, 0.2) is 42.5 Å². The number of nitrogens with one attached hydrogen (secondary N) is 1. The summed E-state index contributed by atoms with van der Waals surface area (Å²) in [6.45, 7) is 1.73. The van der Waals surface area contributed by atoms with Crippen LogP contribution < -0.4 is 14.8 Å². The third kappa shape index (κ3) is 3.00. The molecule has 0 saturated carbocycles. The van der Waals surface area contributed by atoms with E-state index in [4.69, 9.17) is 9.47 Å². The number of rotatable bonds is 5. The first kappa shape index (κ1) is 13.9. The van der Waals surface area contributed by atoms with E-state index in [-0.39, 0.29) is 11.7 Å². The fourth-order valence-electron chi connectivity index (χ4n) is 2.58. The summed E-state index contributed by atoms with van der Waals surface area (Å²) in [6, 6.07) is 12.6. The van der Waals surface area contributed by atoms with Gasteiger partial charge in [0.1, 0.15) is 17.3 Å². The van der Waals surface area contributed by atoms with Gasteiger partial charge >= 0.3 is 0 Å². The van der Waals surface area contributed by atoms with E-state index in [2.05, 4.69) is 11.4 Å². The fraction of sp³-hybridized carbons (Fsp3) is 0.294. The van der Waals surface area contributed by atoms with Gasteiger partial charge in [-0.15, -0.1) is 0 Å². The smallest absolute Gasteiger partial charge is 0.124 e. The number of para-hydroxylation sites is 1. The molecule has 110 valence electrons. The Hall–Kier alpha value is -2.07. The van der Waals surface area contributed by atoms with Crippen LogP contribution >= 0.6 is 0 Å². The maximum absolute atomic E-state index is 13.3. The Morgan fingerprint density at radius 2 is 2.14 bits per heavy atom. The van der Waals surface area contributed by atoms with E-state index >= 15 is 0 Å². The molecule has 3 rings (SSSR count). The van der Waals surface area contributed by atoms with E-state index in [0.29, 0.717) is 19.8 Å². The lowest BCUT2D eigenvalue weighted by molar-refractivity contribution is 0.246. The Labute approximate surface area is 123 Å². The molecule has 1 N–H and O–H groups in total. The minimum Gasteiger partial charge on any atom is -0.493 e. The second kappa shape index (κ2) is 6.14. The van der Waals surface area contributed by atoms with Gasteiger partial charge < -0.3 is 14.8 Å². The highest BCUT2D eigenvalue weighted by Gasteiger charge is 2.24. The molecule has 0 bridgehead atoms. The van der Waals surface area contributed by atoms with Gasteiger partial charge in [-0.2, -0.15) is 0 Å². The zero-order valence-corrected chi connectivity index (χ0v) is 11.9. The maximum Gasteiger partial charge on any atom is 0.124 e. The van der Waals surface area contributed by atoms with Crippen LogP contribution in [0.25, 0.3) is 0 Å². The summed E-state index contributed by atoms with van der Waals surface area (Å²) >= 11 is 0. The third-order valence-corrected chi connectivity index (χ3v) is 3.63. The van der Waals surface area contributed by atoms with Crippen molar-refractivity contribution in [2.24, 2.45) is 0 Å². The molecule has 0 spiro atoms. The number of ether oxygens (including phenoxy) is 2. The van der Waals surface area contributed by atoms with Crippen LogP contribution in [0.5, 0.6) is 11.5 Å². The van der Waals surface area contributed by atoms with Gasteiger partial charge in [-0.25, -0.2) is 4.39 Å². The largest absolute Gasteiger partial charge is 0.493 e. The summed E-state index contributed by atoms with van der Waals surface area (Å²) in [4.78, 5) is 0. The fourth-order valence-corrected chi connectivity index (χ4v) is 2.58. The van der Waals surface area contributed by atoms with Crippen LogP contribution in [0.4, 0.5) is 4.39 Å². The Bertz CT molecular complexity index is 630. The summed E-state index contributed by atoms with van der Waals surface area (Å²) in [5.41, 5.74) is 2.00. The first-order valence-corrected chi connectivity index (χ1v) is 7.05. The van der Waals surface area contributed by atoms with Crippen molar-refractivity contribution in [2.75, 3.05) is 20.3 Å². The Morgan fingerprint density at radius 1 is 1.29 bits per heavy atom. The van der Waals surface area contributed by atoms with E-state index in [1.165, 1.54) is 17.7 Å². The second-order valence-corrected chi connectivity index (χ2v) is 5.14. The van der Waals surface area contributed by atoms with Crippen molar-refractivity contribution in [3.8, 4) is 11.5 Å². The third-order valence-electron chi connectivity index (χ3n) is 3.63. The normalized spacial score (nSPS) is 16.4. The van der Waals surface area contributed by atoms with Crippen LogP contribution in [0.2, 0.25) is 0 Å². The Kier molecular flexibility index (Phi) is 4.06. The molecule has 0 saturated heterocycles. The highest BCUT2D eigenvalue weighted by Crippen LogP contribution is 2.34. The van der Waals surface area contributed by atoms with Gasteiger partial charge in [-0.05, 0) is 31.3 Å². The van der Waals surface area contributed by atoms with Crippen molar-refractivity contribution < 1.29 is 13.9 Å². The highest BCUT2D eigenvalue weighted by molar-refractivity contribution is 5.40. The van der Waals surface area contributed by atoms with Crippen molar-refractivity contribution in [2.45, 2.75) is 12.5 Å². The molecule has 0 radical (unpaired) electrons. The maximum atomic E-state index is 13.3. The van der Waals surface area contributed by atoms with E-state index < -0.39 is 0 Å². The number of hydrogen-bond donors (Lipinski definition) is 1. The van der Waals surface area contributed by atoms with E-state index in [1.807, 2.05) is 25.2 Å². The molecule has 21 heavy (non-hydrogen) atoms. The molecule has 1 aliphatic rings. The quantitative estimate of drug-likeness (QED) is 0.916. The van der Waals surface area contributed by atoms with Gasteiger partial charge in [0.25, 0.3) is 0 Å². The molecule has 2 aromatic rings. The number of fused-ring (bicyclic) bond motifs is 1. The van der Waals surface area contributed by atoms with Crippen molar-refractivity contribution in [3.63, 3.8) is 0 Å². The lowest BCUT2D eigenvalue weighted by Crippen LogP contribution is -2.14. The SMILES string of the molecule is CNCc1cc(F)ccc1OCC1COc2ccccc21. The first-order valence-electron chi connectivity index (χ1n) is 7.05. The number of benzene rings is 2. The highest BCUT2D eigenvalue weighted by atomic mass is 19.1. The predicted molar refractivity (Wildman–Crippen MR) is 79.3 cm³/mol. The summed E-state index contributed by atoms with van der Waals surface area (Å²) in [7, 11) is 1.83. The zero-order valence-electron chi connectivity index (χ0n) is 11.9. The van der Waals surface area contributed by atoms with Crippen LogP contribution in [-0.4, -0.2) is 20.3 Å². The van der Waals surface area contributed by atoms with Gasteiger partial charge in [0.15, 0.2) is 0 Å². The topological polar surface area (TPSA) is 30.5 Å². The van der Waals surface area contributed by atoms with Crippen molar-refractivity contribution >= 4 is 0 Å². The minimum absolute atomic E-state index is 0.216. The average Bonchev–Trinajstić information content (AvgIpc) is 2.90. The Balaban J connectivity index is 1.71. The molecule has 2 aromatic carbocycles. The van der Waals surface area contributed by atoms with Gasteiger partial charge in [-0.1, -0.05) is 18.2 Å². The summed E-state index contributed by atoms with van der Waals surface area (Å²) in [5.74, 6) is 1.62. The molecule has 1 aliphatic heterocycles. The van der Waals surface area contributed by atoms with Crippen LogP contribution in [-0.2, 0) is 6.54 Å². The molecule has 1 heterocycles. The molecule has 0 aromatic heterocycles. The van der Waals surface area contributed by atoms with Crippen LogP contribution in [0.1, 0.15) is 17.0 Å². The number of halogens is 1. The molecule has 0 amide bonds. The molecule has 1 unspecified atom stereocenters. The van der Waals surface area contributed by atoms with Crippen molar-refractivity contribution in [3.05, 3.63) is 59.4 Å². The average molecular weight is 287 g/mol.